The van der Waals surface area contributed by atoms with Gasteiger partial charge < -0.3 is 4.74 Å². The zero-order valence-electron chi connectivity index (χ0n) is 14.1. The topological polar surface area (TPSA) is 43.4 Å². The summed E-state index contributed by atoms with van der Waals surface area (Å²) in [6.07, 6.45) is 14.2. The first-order valence-corrected chi connectivity index (χ1v) is 10.8. The van der Waals surface area contributed by atoms with Crippen LogP contribution in [0.4, 0.5) is 0 Å². The highest BCUT2D eigenvalue weighted by Crippen LogP contribution is 2.36. The molecule has 2 rings (SSSR count). The van der Waals surface area contributed by atoms with Crippen molar-refractivity contribution in [1.29, 1.82) is 0 Å². The van der Waals surface area contributed by atoms with Gasteiger partial charge in [-0.2, -0.15) is 0 Å². The van der Waals surface area contributed by atoms with Crippen LogP contribution in [0.15, 0.2) is 11.8 Å². The van der Waals surface area contributed by atoms with E-state index in [1.807, 2.05) is 13.2 Å². The molecule has 0 aromatic heterocycles. The second-order valence-electron chi connectivity index (χ2n) is 6.98. The van der Waals surface area contributed by atoms with E-state index >= 15 is 0 Å². The maximum absolute atomic E-state index is 12.7. The van der Waals surface area contributed by atoms with Crippen molar-refractivity contribution in [3.05, 3.63) is 11.8 Å². The Morgan fingerprint density at radius 2 is 1.82 bits per heavy atom. The molecule has 22 heavy (non-hydrogen) atoms. The van der Waals surface area contributed by atoms with E-state index in [4.69, 9.17) is 4.74 Å². The average molecular weight is 329 g/mol. The number of hydrogen-bond acceptors (Lipinski definition) is 3. The summed E-state index contributed by atoms with van der Waals surface area (Å²) in [4.78, 5) is 0. The van der Waals surface area contributed by atoms with Gasteiger partial charge in [0.1, 0.15) is 0 Å². The van der Waals surface area contributed by atoms with Crippen molar-refractivity contribution >= 4 is 9.84 Å². The summed E-state index contributed by atoms with van der Waals surface area (Å²) in [6.45, 7) is 2.70. The van der Waals surface area contributed by atoms with Crippen LogP contribution in [0.5, 0.6) is 0 Å². The van der Waals surface area contributed by atoms with Gasteiger partial charge >= 0.3 is 0 Å². The summed E-state index contributed by atoms with van der Waals surface area (Å²) in [6, 6.07) is 0. The molecule has 1 aliphatic heterocycles. The molecule has 0 aromatic carbocycles. The van der Waals surface area contributed by atoms with Gasteiger partial charge in [-0.25, -0.2) is 8.42 Å². The van der Waals surface area contributed by atoms with E-state index in [1.165, 1.54) is 37.7 Å². The van der Waals surface area contributed by atoms with Gasteiger partial charge in [0.2, 0.25) is 0 Å². The van der Waals surface area contributed by atoms with Crippen molar-refractivity contribution in [1.82, 2.24) is 0 Å². The molecule has 0 N–H and O–H groups in total. The lowest BCUT2D eigenvalue weighted by atomic mass is 9.92. The lowest BCUT2D eigenvalue weighted by molar-refractivity contribution is 0.229. The largest absolute Gasteiger partial charge is 0.501 e. The molecule has 0 bridgehead atoms. The van der Waals surface area contributed by atoms with Gasteiger partial charge in [0.15, 0.2) is 9.84 Å². The van der Waals surface area contributed by atoms with E-state index in [2.05, 4.69) is 0 Å². The van der Waals surface area contributed by atoms with Crippen LogP contribution in [0.1, 0.15) is 84.0 Å². The third-order valence-corrected chi connectivity index (χ3v) is 8.33. The molecule has 1 saturated heterocycles. The molecule has 2 fully saturated rings. The zero-order valence-corrected chi connectivity index (χ0v) is 14.9. The molecule has 0 amide bonds. The standard InChI is InChI=1S/C18H32O3S/c1-2-18(12-7-3-4-8-15-22(18,19)20)13-9-14-21-16-17-10-5-6-11-17/h16H,2-15H2,1H3. The van der Waals surface area contributed by atoms with E-state index in [1.54, 1.807) is 0 Å². The summed E-state index contributed by atoms with van der Waals surface area (Å²) < 4.78 is 30.6. The summed E-state index contributed by atoms with van der Waals surface area (Å²) in [5, 5.41) is 0. The van der Waals surface area contributed by atoms with E-state index in [-0.39, 0.29) is 0 Å². The predicted octanol–water partition coefficient (Wildman–Crippen LogP) is 4.77. The van der Waals surface area contributed by atoms with Crippen LogP contribution in [0.25, 0.3) is 0 Å². The van der Waals surface area contributed by atoms with E-state index in [9.17, 15) is 8.42 Å². The lowest BCUT2D eigenvalue weighted by Gasteiger charge is -2.34. The predicted molar refractivity (Wildman–Crippen MR) is 91.6 cm³/mol. The zero-order chi connectivity index (χ0) is 15.9. The Labute approximate surface area is 136 Å². The second-order valence-corrected chi connectivity index (χ2v) is 9.48. The molecule has 1 saturated carbocycles. The highest BCUT2D eigenvalue weighted by molar-refractivity contribution is 7.92. The molecule has 128 valence electrons. The third-order valence-electron chi connectivity index (χ3n) is 5.49. The molecular weight excluding hydrogens is 296 g/mol. The minimum Gasteiger partial charge on any atom is -0.501 e. The Hall–Kier alpha value is -0.510. The number of hydrogen-bond donors (Lipinski definition) is 0. The van der Waals surface area contributed by atoms with Crippen LogP contribution < -0.4 is 0 Å². The summed E-state index contributed by atoms with van der Waals surface area (Å²) in [5.41, 5.74) is 1.42. The van der Waals surface area contributed by atoms with Crippen molar-refractivity contribution in [3.8, 4) is 0 Å². The van der Waals surface area contributed by atoms with Crippen LogP contribution in [-0.4, -0.2) is 25.5 Å². The first-order valence-electron chi connectivity index (χ1n) is 9.11. The van der Waals surface area contributed by atoms with Gasteiger partial charge in [0.25, 0.3) is 0 Å². The molecule has 0 aromatic rings. The van der Waals surface area contributed by atoms with Crippen molar-refractivity contribution in [2.24, 2.45) is 0 Å². The maximum atomic E-state index is 12.7. The molecule has 2 aliphatic rings. The first-order chi connectivity index (χ1) is 10.6. The minimum atomic E-state index is -2.97. The highest BCUT2D eigenvalue weighted by atomic mass is 32.2. The van der Waals surface area contributed by atoms with Crippen LogP contribution in [0.3, 0.4) is 0 Å². The third kappa shape index (κ3) is 4.50. The molecule has 0 spiro atoms. The fourth-order valence-electron chi connectivity index (χ4n) is 3.92. The molecule has 4 heteroatoms. The van der Waals surface area contributed by atoms with Crippen molar-refractivity contribution < 1.29 is 13.2 Å². The molecule has 0 radical (unpaired) electrons. The molecular formula is C18H32O3S. The smallest absolute Gasteiger partial charge is 0.155 e. The fourth-order valence-corrected chi connectivity index (χ4v) is 6.29. The van der Waals surface area contributed by atoms with Crippen molar-refractivity contribution in [2.45, 2.75) is 88.7 Å². The Kier molecular flexibility index (Phi) is 6.79. The maximum Gasteiger partial charge on any atom is 0.155 e. The molecule has 3 nitrogen and oxygen atoms in total. The normalized spacial score (nSPS) is 28.9. The highest BCUT2D eigenvalue weighted by Gasteiger charge is 2.41. The van der Waals surface area contributed by atoms with Gasteiger partial charge in [0, 0.05) is 0 Å². The molecule has 1 heterocycles. The second kappa shape index (κ2) is 8.37. The van der Waals surface area contributed by atoms with E-state index in [0.29, 0.717) is 12.4 Å². The van der Waals surface area contributed by atoms with Crippen LogP contribution in [0.2, 0.25) is 0 Å². The number of sulfone groups is 1. The summed E-state index contributed by atoms with van der Waals surface area (Å²) in [5.74, 6) is 0.381. The Morgan fingerprint density at radius 3 is 2.55 bits per heavy atom. The Morgan fingerprint density at radius 1 is 1.09 bits per heavy atom. The Balaban J connectivity index is 1.86. The molecule has 1 atom stereocenters. The minimum absolute atomic E-state index is 0.381. The lowest BCUT2D eigenvalue weighted by Crippen LogP contribution is -2.41. The van der Waals surface area contributed by atoms with E-state index in [0.717, 1.165) is 44.9 Å². The number of ether oxygens (including phenoxy) is 1. The van der Waals surface area contributed by atoms with Gasteiger partial charge in [-0.3, -0.25) is 0 Å². The number of allylic oxidation sites excluding steroid dienone is 1. The van der Waals surface area contributed by atoms with Crippen molar-refractivity contribution in [3.63, 3.8) is 0 Å². The van der Waals surface area contributed by atoms with Gasteiger partial charge in [-0.05, 0) is 63.4 Å². The summed E-state index contributed by atoms with van der Waals surface area (Å²) >= 11 is 0. The van der Waals surface area contributed by atoms with E-state index < -0.39 is 14.6 Å². The van der Waals surface area contributed by atoms with Crippen LogP contribution >= 0.6 is 0 Å². The number of rotatable bonds is 6. The van der Waals surface area contributed by atoms with Crippen molar-refractivity contribution in [2.75, 3.05) is 12.4 Å². The van der Waals surface area contributed by atoms with Gasteiger partial charge in [0.05, 0.1) is 23.4 Å². The Bertz CT molecular complexity index is 459. The fraction of sp³-hybridized carbons (Fsp3) is 0.889. The monoisotopic (exact) mass is 328 g/mol. The SMILES string of the molecule is CCC1(CCCOC=C2CCCC2)CCCCCCS1(=O)=O. The molecule has 1 aliphatic carbocycles. The van der Waals surface area contributed by atoms with Crippen LogP contribution in [0, 0.1) is 0 Å². The van der Waals surface area contributed by atoms with Gasteiger partial charge in [-0.1, -0.05) is 26.2 Å². The summed E-state index contributed by atoms with van der Waals surface area (Å²) in [7, 11) is -2.97. The first kappa shape index (κ1) is 17.8. The quantitative estimate of drug-likeness (QED) is 0.521. The average Bonchev–Trinajstić information content (AvgIpc) is 3.00. The van der Waals surface area contributed by atoms with Crippen LogP contribution in [-0.2, 0) is 14.6 Å². The van der Waals surface area contributed by atoms with Gasteiger partial charge in [-0.15, -0.1) is 0 Å². The molecule has 1 unspecified atom stereocenters.